The smallest absolute Gasteiger partial charge is 0.271 e. The predicted molar refractivity (Wildman–Crippen MR) is 109 cm³/mol. The Labute approximate surface area is 165 Å². The zero-order chi connectivity index (χ0) is 19.0. The first kappa shape index (κ1) is 17.8. The van der Waals surface area contributed by atoms with Gasteiger partial charge < -0.3 is 15.2 Å². The van der Waals surface area contributed by atoms with Crippen LogP contribution in [0.25, 0.3) is 10.9 Å². The number of aromatic nitrogens is 1. The van der Waals surface area contributed by atoms with Crippen LogP contribution in [0.5, 0.6) is 0 Å². The summed E-state index contributed by atoms with van der Waals surface area (Å²) in [6.45, 7) is 3.03. The summed E-state index contributed by atoms with van der Waals surface area (Å²) in [5.74, 6) is -0.312. The van der Waals surface area contributed by atoms with Crippen LogP contribution in [0.4, 0.5) is 0 Å². The lowest BCUT2D eigenvalue weighted by atomic mass is 10.0. The molecule has 1 aliphatic heterocycles. The number of halogens is 1. The molecule has 1 fully saturated rings. The molecule has 27 heavy (non-hydrogen) atoms. The maximum atomic E-state index is 13.2. The number of piperazine rings is 1. The van der Waals surface area contributed by atoms with Crippen molar-refractivity contribution in [2.45, 2.75) is 19.4 Å². The number of aromatic amines is 1. The van der Waals surface area contributed by atoms with Crippen LogP contribution in [0.15, 0.2) is 53.0 Å². The van der Waals surface area contributed by atoms with E-state index in [0.717, 1.165) is 27.4 Å². The molecule has 2 aromatic carbocycles. The summed E-state index contributed by atoms with van der Waals surface area (Å²) >= 11 is 3.41. The van der Waals surface area contributed by atoms with Gasteiger partial charge in [-0.2, -0.15) is 0 Å². The number of hydrogen-bond acceptors (Lipinski definition) is 2. The third kappa shape index (κ3) is 3.37. The Morgan fingerprint density at radius 1 is 1.19 bits per heavy atom. The van der Waals surface area contributed by atoms with Crippen molar-refractivity contribution >= 4 is 38.6 Å². The van der Waals surface area contributed by atoms with E-state index in [2.05, 4.69) is 45.3 Å². The number of rotatable bonds is 3. The molecule has 6 heteroatoms. The second-order valence-electron chi connectivity index (χ2n) is 6.70. The molecule has 2 heterocycles. The number of aryl methyl sites for hydroxylation is 1. The highest BCUT2D eigenvalue weighted by Gasteiger charge is 2.35. The second kappa shape index (κ2) is 7.19. The third-order valence-corrected chi connectivity index (χ3v) is 5.51. The zero-order valence-electron chi connectivity index (χ0n) is 15.0. The summed E-state index contributed by atoms with van der Waals surface area (Å²) in [4.78, 5) is 30.7. The SMILES string of the molecule is CCc1ccc2cc(C(=O)N3CCNC(=O)C3c3ccc(Br)cc3)[nH]c2c1. The van der Waals surface area contributed by atoms with Crippen LogP contribution in [-0.2, 0) is 11.2 Å². The van der Waals surface area contributed by atoms with Gasteiger partial charge in [0, 0.05) is 28.5 Å². The van der Waals surface area contributed by atoms with Gasteiger partial charge in [-0.3, -0.25) is 9.59 Å². The van der Waals surface area contributed by atoms with E-state index in [1.165, 1.54) is 5.56 Å². The van der Waals surface area contributed by atoms with E-state index in [0.29, 0.717) is 18.8 Å². The number of fused-ring (bicyclic) bond motifs is 1. The standard InChI is InChI=1S/C21H20BrN3O2/c1-2-13-3-4-15-12-18(24-17(15)11-13)21(27)25-10-9-23-20(26)19(25)14-5-7-16(22)8-6-14/h3-8,11-12,19,24H,2,9-10H2,1H3,(H,23,26). The van der Waals surface area contributed by atoms with Crippen molar-refractivity contribution in [3.05, 3.63) is 69.8 Å². The van der Waals surface area contributed by atoms with Gasteiger partial charge in [-0.15, -0.1) is 0 Å². The van der Waals surface area contributed by atoms with Crippen LogP contribution in [0.1, 0.15) is 34.6 Å². The number of carbonyl (C=O) groups excluding carboxylic acids is 2. The molecule has 2 N–H and O–H groups in total. The van der Waals surface area contributed by atoms with E-state index < -0.39 is 6.04 Å². The van der Waals surface area contributed by atoms with Crippen molar-refractivity contribution < 1.29 is 9.59 Å². The van der Waals surface area contributed by atoms with E-state index >= 15 is 0 Å². The molecular weight excluding hydrogens is 406 g/mol. The van der Waals surface area contributed by atoms with Crippen LogP contribution in [0.3, 0.4) is 0 Å². The van der Waals surface area contributed by atoms with Crippen molar-refractivity contribution in [2.75, 3.05) is 13.1 Å². The van der Waals surface area contributed by atoms with E-state index in [9.17, 15) is 9.59 Å². The summed E-state index contributed by atoms with van der Waals surface area (Å²) in [5, 5.41) is 3.87. The molecule has 1 saturated heterocycles. The summed E-state index contributed by atoms with van der Waals surface area (Å²) in [6, 6.07) is 14.9. The van der Waals surface area contributed by atoms with Crippen LogP contribution in [0, 0.1) is 0 Å². The summed E-state index contributed by atoms with van der Waals surface area (Å²) < 4.78 is 0.933. The van der Waals surface area contributed by atoms with Gasteiger partial charge in [-0.05, 0) is 41.8 Å². The lowest BCUT2D eigenvalue weighted by molar-refractivity contribution is -0.128. The largest absolute Gasteiger partial charge is 0.352 e. The molecule has 0 bridgehead atoms. The average Bonchev–Trinajstić information content (AvgIpc) is 3.11. The Bertz CT molecular complexity index is 1010. The molecule has 0 saturated carbocycles. The Hall–Kier alpha value is -2.60. The fraction of sp³-hybridized carbons (Fsp3) is 0.238. The van der Waals surface area contributed by atoms with Crippen LogP contribution in [0.2, 0.25) is 0 Å². The Morgan fingerprint density at radius 2 is 1.96 bits per heavy atom. The lowest BCUT2D eigenvalue weighted by Gasteiger charge is -2.35. The highest BCUT2D eigenvalue weighted by Crippen LogP contribution is 2.27. The number of carbonyl (C=O) groups is 2. The number of benzene rings is 2. The molecule has 4 rings (SSSR count). The minimum Gasteiger partial charge on any atom is -0.352 e. The summed E-state index contributed by atoms with van der Waals surface area (Å²) in [6.07, 6.45) is 0.941. The number of H-pyrrole nitrogens is 1. The van der Waals surface area contributed by atoms with Gasteiger partial charge in [-0.25, -0.2) is 0 Å². The molecule has 2 amide bonds. The molecule has 0 spiro atoms. The van der Waals surface area contributed by atoms with Crippen molar-refractivity contribution in [1.82, 2.24) is 15.2 Å². The first-order valence-electron chi connectivity index (χ1n) is 9.02. The molecule has 5 nitrogen and oxygen atoms in total. The molecule has 0 aliphatic carbocycles. The normalized spacial score (nSPS) is 17.2. The van der Waals surface area contributed by atoms with E-state index in [1.54, 1.807) is 4.90 Å². The molecule has 3 aromatic rings. The van der Waals surface area contributed by atoms with Crippen LogP contribution < -0.4 is 5.32 Å². The van der Waals surface area contributed by atoms with E-state index in [-0.39, 0.29) is 11.8 Å². The van der Waals surface area contributed by atoms with E-state index in [4.69, 9.17) is 0 Å². The van der Waals surface area contributed by atoms with Gasteiger partial charge in [0.15, 0.2) is 0 Å². The highest BCUT2D eigenvalue weighted by atomic mass is 79.9. The average molecular weight is 426 g/mol. The second-order valence-corrected chi connectivity index (χ2v) is 7.62. The van der Waals surface area contributed by atoms with Crippen molar-refractivity contribution in [3.8, 4) is 0 Å². The van der Waals surface area contributed by atoms with Crippen LogP contribution >= 0.6 is 15.9 Å². The molecule has 1 aromatic heterocycles. The molecule has 138 valence electrons. The van der Waals surface area contributed by atoms with Gasteiger partial charge in [-0.1, -0.05) is 47.1 Å². The van der Waals surface area contributed by atoms with Crippen molar-refractivity contribution in [1.29, 1.82) is 0 Å². The fourth-order valence-electron chi connectivity index (χ4n) is 3.53. The number of hydrogen-bond donors (Lipinski definition) is 2. The van der Waals surface area contributed by atoms with Gasteiger partial charge in [0.25, 0.3) is 5.91 Å². The number of nitrogens with zero attached hydrogens (tertiary/aromatic N) is 1. The van der Waals surface area contributed by atoms with Crippen LogP contribution in [-0.4, -0.2) is 34.8 Å². The number of nitrogens with one attached hydrogen (secondary N) is 2. The predicted octanol–water partition coefficient (Wildman–Crippen LogP) is 3.81. The Balaban J connectivity index is 1.69. The highest BCUT2D eigenvalue weighted by molar-refractivity contribution is 9.10. The van der Waals surface area contributed by atoms with E-state index in [1.807, 2.05) is 36.4 Å². The minimum absolute atomic E-state index is 0.152. The maximum absolute atomic E-state index is 13.2. The van der Waals surface area contributed by atoms with Gasteiger partial charge >= 0.3 is 0 Å². The molecule has 1 atom stereocenters. The summed E-state index contributed by atoms with van der Waals surface area (Å²) in [7, 11) is 0. The minimum atomic E-state index is -0.628. The first-order valence-corrected chi connectivity index (χ1v) is 9.82. The monoisotopic (exact) mass is 425 g/mol. The lowest BCUT2D eigenvalue weighted by Crippen LogP contribution is -2.52. The topological polar surface area (TPSA) is 65.2 Å². The van der Waals surface area contributed by atoms with Crippen molar-refractivity contribution in [2.24, 2.45) is 0 Å². The van der Waals surface area contributed by atoms with Gasteiger partial charge in [0.05, 0.1) is 0 Å². The maximum Gasteiger partial charge on any atom is 0.271 e. The molecule has 1 aliphatic rings. The van der Waals surface area contributed by atoms with Gasteiger partial charge in [0.1, 0.15) is 11.7 Å². The van der Waals surface area contributed by atoms with Gasteiger partial charge in [0.2, 0.25) is 5.91 Å². The molecular formula is C21H20BrN3O2. The quantitative estimate of drug-likeness (QED) is 0.669. The third-order valence-electron chi connectivity index (χ3n) is 4.98. The molecule has 0 radical (unpaired) electrons. The Kier molecular flexibility index (Phi) is 4.74. The Morgan fingerprint density at radius 3 is 2.70 bits per heavy atom. The van der Waals surface area contributed by atoms with Crippen molar-refractivity contribution in [3.63, 3.8) is 0 Å². The zero-order valence-corrected chi connectivity index (χ0v) is 16.5. The fourth-order valence-corrected chi connectivity index (χ4v) is 3.79. The molecule has 1 unspecified atom stereocenters. The first-order chi connectivity index (χ1) is 13.1. The summed E-state index contributed by atoms with van der Waals surface area (Å²) in [5.41, 5.74) is 3.47. The number of amides is 2.